The SMILES string of the molecule is Clc1ccccc1Nc1cccc2c1oc1c(-c3ccccc3)cccc12.Ic1cccc2c1oc1c(-c3ccccc3)cccc12.Nc1ccccc1Cl.c1ccc(-c2cccc3c2oc2c3ccc3c4ccccc4[nH]c32)cc1. The van der Waals surface area contributed by atoms with Crippen molar-refractivity contribution < 1.29 is 13.3 Å². The number of rotatable bonds is 5. The van der Waals surface area contributed by atoms with Gasteiger partial charge in [0.2, 0.25) is 0 Å². The molecular formula is C72H48Cl2IN3O3. The molecule has 390 valence electrons. The Labute approximate surface area is 490 Å². The Kier molecular flexibility index (Phi) is 14.2. The van der Waals surface area contributed by atoms with Gasteiger partial charge in [-0.1, -0.05) is 242 Å². The number of nitrogens with two attached hydrogens (primary N) is 1. The fourth-order valence-corrected chi connectivity index (χ4v) is 11.5. The fraction of sp³-hybridized carbons (Fsp3) is 0. The second kappa shape index (κ2) is 22.5. The fourth-order valence-electron chi connectivity index (χ4n) is 10.6. The molecule has 0 aliphatic carbocycles. The first-order chi connectivity index (χ1) is 39.9. The quantitative estimate of drug-likeness (QED) is 0.118. The van der Waals surface area contributed by atoms with E-state index >= 15 is 0 Å². The highest BCUT2D eigenvalue weighted by molar-refractivity contribution is 14.1. The van der Waals surface area contributed by atoms with E-state index < -0.39 is 0 Å². The number of nitrogen functional groups attached to an aromatic ring is 1. The molecule has 16 aromatic rings. The maximum Gasteiger partial charge on any atom is 0.159 e. The zero-order chi connectivity index (χ0) is 54.8. The summed E-state index contributed by atoms with van der Waals surface area (Å²) in [5.74, 6) is 0. The maximum absolute atomic E-state index is 6.45. The predicted octanol–water partition coefficient (Wildman–Crippen LogP) is 22.3. The molecular weight excluding hydrogens is 1150 g/mol. The second-order valence-electron chi connectivity index (χ2n) is 19.4. The number of hydrogen-bond acceptors (Lipinski definition) is 5. The first-order valence-electron chi connectivity index (χ1n) is 26.4. The van der Waals surface area contributed by atoms with Crippen molar-refractivity contribution in [1.82, 2.24) is 4.98 Å². The monoisotopic (exact) mass is 1200 g/mol. The normalized spacial score (nSPS) is 11.2. The van der Waals surface area contributed by atoms with Crippen LogP contribution in [-0.4, -0.2) is 4.98 Å². The summed E-state index contributed by atoms with van der Waals surface area (Å²) in [5.41, 5.74) is 22.4. The summed E-state index contributed by atoms with van der Waals surface area (Å²) in [7, 11) is 0. The Balaban J connectivity index is 0.000000108. The molecule has 0 bridgehead atoms. The number of fused-ring (bicyclic) bond motifs is 13. The van der Waals surface area contributed by atoms with E-state index in [0.717, 1.165) is 103 Å². The number of halogens is 3. The van der Waals surface area contributed by atoms with Crippen LogP contribution in [0, 0.1) is 3.57 Å². The van der Waals surface area contributed by atoms with Gasteiger partial charge in [0.15, 0.2) is 11.2 Å². The Morgan fingerprint density at radius 3 is 1.26 bits per heavy atom. The molecule has 4 heterocycles. The molecule has 4 N–H and O–H groups in total. The van der Waals surface area contributed by atoms with Crippen LogP contribution in [0.4, 0.5) is 17.1 Å². The van der Waals surface area contributed by atoms with Crippen molar-refractivity contribution in [2.45, 2.75) is 0 Å². The minimum atomic E-state index is 0.618. The van der Waals surface area contributed by atoms with Gasteiger partial charge < -0.3 is 29.3 Å². The van der Waals surface area contributed by atoms with Crippen LogP contribution in [-0.2, 0) is 0 Å². The van der Waals surface area contributed by atoms with E-state index in [-0.39, 0.29) is 0 Å². The first kappa shape index (κ1) is 51.2. The van der Waals surface area contributed by atoms with E-state index in [1.807, 2.05) is 78.9 Å². The molecule has 0 atom stereocenters. The van der Waals surface area contributed by atoms with E-state index in [0.29, 0.717) is 15.7 Å². The van der Waals surface area contributed by atoms with Crippen molar-refractivity contribution in [1.29, 1.82) is 0 Å². The molecule has 0 saturated heterocycles. The number of anilines is 3. The molecule has 0 amide bonds. The molecule has 12 aromatic carbocycles. The van der Waals surface area contributed by atoms with Gasteiger partial charge >= 0.3 is 0 Å². The van der Waals surface area contributed by atoms with Gasteiger partial charge in [0.1, 0.15) is 22.3 Å². The van der Waals surface area contributed by atoms with Crippen LogP contribution in [0.2, 0.25) is 10.0 Å². The van der Waals surface area contributed by atoms with Crippen LogP contribution in [0.3, 0.4) is 0 Å². The lowest BCUT2D eigenvalue weighted by Gasteiger charge is -2.08. The van der Waals surface area contributed by atoms with Gasteiger partial charge in [-0.2, -0.15) is 0 Å². The molecule has 4 aromatic heterocycles. The van der Waals surface area contributed by atoms with Gasteiger partial charge in [0.05, 0.1) is 36.2 Å². The van der Waals surface area contributed by atoms with E-state index in [2.05, 4.69) is 209 Å². The highest BCUT2D eigenvalue weighted by Gasteiger charge is 2.18. The lowest BCUT2D eigenvalue weighted by atomic mass is 10.0. The average molecular weight is 1200 g/mol. The van der Waals surface area contributed by atoms with Crippen molar-refractivity contribution >= 4 is 150 Å². The topological polar surface area (TPSA) is 93.3 Å². The van der Waals surface area contributed by atoms with E-state index in [1.54, 1.807) is 12.1 Å². The van der Waals surface area contributed by atoms with Crippen LogP contribution in [0.25, 0.3) is 121 Å². The van der Waals surface area contributed by atoms with Crippen molar-refractivity contribution in [2.24, 2.45) is 0 Å². The highest BCUT2D eigenvalue weighted by Crippen LogP contribution is 2.43. The van der Waals surface area contributed by atoms with Gasteiger partial charge in [0.25, 0.3) is 0 Å². The summed E-state index contributed by atoms with van der Waals surface area (Å²) in [6.45, 7) is 0. The summed E-state index contributed by atoms with van der Waals surface area (Å²) in [6, 6.07) is 90.2. The zero-order valence-corrected chi connectivity index (χ0v) is 47.0. The molecule has 0 saturated carbocycles. The number of nitrogens with one attached hydrogen (secondary N) is 2. The number of furan rings is 3. The number of H-pyrrole nitrogens is 1. The molecule has 0 radical (unpaired) electrons. The Morgan fingerprint density at radius 2 is 0.716 bits per heavy atom. The molecule has 9 heteroatoms. The standard InChI is InChI=1S/C24H16ClNO.C24H15NO.C18H11IO.C6H6ClN/c25-20-13-4-5-14-21(20)26-22-15-7-12-19-18-11-6-10-17(23(18)27-24(19)22)16-8-2-1-3-9-16;1-2-7-15(8-3-1)16-10-6-11-19-20-14-13-18-17-9-4-5-12-21(17)25-22(18)24(20)26-23(16)19;19-16-11-5-10-15-14-9-4-8-13(17(14)20-18(15)16)12-6-2-1-3-7-12;7-5-3-1-2-4-6(5)8/h1-15,26H;1-14,25H;1-11H;1-4H,8H2. The molecule has 81 heavy (non-hydrogen) atoms. The summed E-state index contributed by atoms with van der Waals surface area (Å²) in [4.78, 5) is 3.55. The highest BCUT2D eigenvalue weighted by atomic mass is 127. The lowest BCUT2D eigenvalue weighted by Crippen LogP contribution is -1.91. The van der Waals surface area contributed by atoms with Crippen LogP contribution >= 0.6 is 45.8 Å². The lowest BCUT2D eigenvalue weighted by molar-refractivity contribution is 0.667. The second-order valence-corrected chi connectivity index (χ2v) is 21.4. The van der Waals surface area contributed by atoms with Crippen molar-refractivity contribution in [2.75, 3.05) is 11.1 Å². The molecule has 0 aliphatic heterocycles. The van der Waals surface area contributed by atoms with Crippen LogP contribution in [0.5, 0.6) is 0 Å². The average Bonchev–Trinajstić information content (AvgIpc) is 4.35. The molecule has 16 rings (SSSR count). The first-order valence-corrected chi connectivity index (χ1v) is 28.3. The van der Waals surface area contributed by atoms with Crippen molar-refractivity contribution in [3.05, 3.63) is 281 Å². The molecule has 0 fully saturated rings. The summed E-state index contributed by atoms with van der Waals surface area (Å²) < 4.78 is 20.1. The number of hydrogen-bond donors (Lipinski definition) is 3. The number of benzene rings is 12. The number of aromatic nitrogens is 1. The minimum absolute atomic E-state index is 0.618. The molecule has 0 aliphatic rings. The Bertz CT molecular complexity index is 4890. The number of aromatic amines is 1. The van der Waals surface area contributed by atoms with Gasteiger partial charge in [-0.05, 0) is 87.8 Å². The van der Waals surface area contributed by atoms with E-state index in [4.69, 9.17) is 42.2 Å². The minimum Gasteiger partial charge on any atom is -0.454 e. The summed E-state index contributed by atoms with van der Waals surface area (Å²) in [5, 5.41) is 14.0. The zero-order valence-electron chi connectivity index (χ0n) is 43.3. The third-order valence-electron chi connectivity index (χ3n) is 14.4. The van der Waals surface area contributed by atoms with E-state index in [9.17, 15) is 0 Å². The third kappa shape index (κ3) is 10.0. The van der Waals surface area contributed by atoms with E-state index in [1.165, 1.54) is 32.7 Å². The van der Waals surface area contributed by atoms with Crippen LogP contribution < -0.4 is 11.1 Å². The Morgan fingerprint density at radius 1 is 0.321 bits per heavy atom. The number of para-hydroxylation sites is 8. The van der Waals surface area contributed by atoms with Crippen LogP contribution in [0.15, 0.2) is 280 Å². The van der Waals surface area contributed by atoms with Crippen LogP contribution in [0.1, 0.15) is 0 Å². The summed E-state index contributed by atoms with van der Waals surface area (Å²) in [6.07, 6.45) is 0. The summed E-state index contributed by atoms with van der Waals surface area (Å²) >= 11 is 14.2. The largest absolute Gasteiger partial charge is 0.454 e. The van der Waals surface area contributed by atoms with Gasteiger partial charge in [-0.15, -0.1) is 0 Å². The predicted molar refractivity (Wildman–Crippen MR) is 350 cm³/mol. The van der Waals surface area contributed by atoms with Gasteiger partial charge in [-0.3, -0.25) is 0 Å². The Hall–Kier alpha value is -9.25. The molecule has 0 spiro atoms. The maximum atomic E-state index is 6.45. The van der Waals surface area contributed by atoms with Crippen molar-refractivity contribution in [3.8, 4) is 33.4 Å². The molecule has 0 unspecified atom stereocenters. The van der Waals surface area contributed by atoms with Gasteiger partial charge in [-0.25, -0.2) is 0 Å². The van der Waals surface area contributed by atoms with Gasteiger partial charge in [0, 0.05) is 65.3 Å². The smallest absolute Gasteiger partial charge is 0.159 e. The third-order valence-corrected chi connectivity index (χ3v) is 16.0. The van der Waals surface area contributed by atoms with Crippen molar-refractivity contribution in [3.63, 3.8) is 0 Å². The molecule has 6 nitrogen and oxygen atoms in total.